The topological polar surface area (TPSA) is 77.2 Å². The Morgan fingerprint density at radius 1 is 1.44 bits per heavy atom. The van der Waals surface area contributed by atoms with Gasteiger partial charge in [0.2, 0.25) is 10.3 Å². The number of carbonyl (C=O) groups is 1. The predicted molar refractivity (Wildman–Crippen MR) is 35.5 cm³/mol. The van der Waals surface area contributed by atoms with Crippen LogP contribution in [0, 0.1) is 0 Å². The summed E-state index contributed by atoms with van der Waals surface area (Å²) < 4.78 is 18.9. The van der Waals surface area contributed by atoms with Crippen LogP contribution in [0.1, 0.15) is 13.8 Å². The largest absolute Gasteiger partial charge is 0.365 e. The van der Waals surface area contributed by atoms with E-state index in [2.05, 4.69) is 5.73 Å². The molecule has 0 aromatic heterocycles. The van der Waals surface area contributed by atoms with Crippen molar-refractivity contribution in [3.8, 4) is 0 Å². The molecule has 0 radical (unpaired) electrons. The van der Waals surface area contributed by atoms with Gasteiger partial charge in [-0.2, -0.15) is 8.42 Å². The third kappa shape index (κ3) is 19.1. The summed E-state index contributed by atoms with van der Waals surface area (Å²) in [5.41, 5.74) is 4.41. The maximum atomic E-state index is 9.58. The Labute approximate surface area is 55.2 Å². The number of hydrogen-bond donors (Lipinski definition) is 1. The fourth-order valence-corrected chi connectivity index (χ4v) is 0.285. The zero-order valence-electron chi connectivity index (χ0n) is 5.29. The van der Waals surface area contributed by atoms with E-state index in [9.17, 15) is 13.2 Å². The Bertz CT molecular complexity index is 184. The highest BCUT2D eigenvalue weighted by atomic mass is 32.2. The quantitative estimate of drug-likeness (QED) is 0.497. The molecule has 54 valence electrons. The number of hydrogen-bond acceptors (Lipinski definition) is 3. The van der Waals surface area contributed by atoms with Crippen LogP contribution >= 0.6 is 0 Å². The minimum Gasteiger partial charge on any atom is -0.365 e. The van der Waals surface area contributed by atoms with Crippen molar-refractivity contribution >= 4 is 21.6 Å². The van der Waals surface area contributed by atoms with Crippen LogP contribution in [0.15, 0.2) is 0 Å². The molecular formula is C4H9NO3S. The van der Waals surface area contributed by atoms with Gasteiger partial charge in [0, 0.05) is 0 Å². The van der Waals surface area contributed by atoms with Gasteiger partial charge in [-0.3, -0.25) is 4.79 Å². The molecule has 0 aromatic rings. The first kappa shape index (κ1) is 11.0. The van der Waals surface area contributed by atoms with Gasteiger partial charge in [0.25, 0.3) is 5.91 Å². The Morgan fingerprint density at radius 3 is 1.78 bits per heavy atom. The molecule has 4 nitrogen and oxygen atoms in total. The number of primary amides is 1. The lowest BCUT2D eigenvalue weighted by molar-refractivity contribution is -0.111. The molecule has 0 spiro atoms. The van der Waals surface area contributed by atoms with E-state index in [-0.39, 0.29) is 0 Å². The first-order chi connectivity index (χ1) is 4.13. The fourth-order valence-electron chi connectivity index (χ4n) is 0.0948. The van der Waals surface area contributed by atoms with Crippen molar-refractivity contribution in [3.05, 3.63) is 0 Å². The molecule has 0 heterocycles. The Balaban J connectivity index is 0. The maximum absolute atomic E-state index is 9.58. The molecule has 9 heavy (non-hydrogen) atoms. The normalized spacial score (nSPS) is 6.44. The van der Waals surface area contributed by atoms with Crippen molar-refractivity contribution in [2.75, 3.05) is 0 Å². The molecule has 5 heteroatoms. The van der Waals surface area contributed by atoms with Gasteiger partial charge in [0.1, 0.15) is 5.37 Å². The average molecular weight is 151 g/mol. The molecule has 0 bridgehead atoms. The van der Waals surface area contributed by atoms with Gasteiger partial charge in [-0.05, 0) is 0 Å². The lowest BCUT2D eigenvalue weighted by Gasteiger charge is -1.64. The zero-order valence-corrected chi connectivity index (χ0v) is 6.10. The maximum Gasteiger partial charge on any atom is 0.256 e. The molecule has 2 N–H and O–H groups in total. The standard InChI is InChI=1S/C2H3NO3S.C2H6/c3-2(4)1-7(5)6;1-2/h1H,(H2,3,4);1-2H3. The Morgan fingerprint density at radius 2 is 1.78 bits per heavy atom. The molecule has 0 fully saturated rings. The number of carbonyl (C=O) groups excluding carboxylic acids is 1. The van der Waals surface area contributed by atoms with E-state index in [1.807, 2.05) is 13.8 Å². The summed E-state index contributed by atoms with van der Waals surface area (Å²) in [5.74, 6) is -0.951. The van der Waals surface area contributed by atoms with Gasteiger partial charge >= 0.3 is 0 Å². The van der Waals surface area contributed by atoms with Crippen molar-refractivity contribution < 1.29 is 13.2 Å². The molecule has 0 saturated carbocycles. The van der Waals surface area contributed by atoms with E-state index < -0.39 is 16.2 Å². The molecule has 1 amide bonds. The van der Waals surface area contributed by atoms with Crippen LogP contribution < -0.4 is 5.73 Å². The predicted octanol–water partition coefficient (Wildman–Crippen LogP) is -0.821. The summed E-state index contributed by atoms with van der Waals surface area (Å²) >= 11 is 0. The van der Waals surface area contributed by atoms with Crippen molar-refractivity contribution in [1.29, 1.82) is 0 Å². The monoisotopic (exact) mass is 151 g/mol. The fraction of sp³-hybridized carbons (Fsp3) is 0.500. The molecule has 0 saturated heterocycles. The molecule has 0 aromatic carbocycles. The second-order valence-corrected chi connectivity index (χ2v) is 1.54. The third-order valence-corrected chi connectivity index (χ3v) is 0.637. The van der Waals surface area contributed by atoms with E-state index in [0.717, 1.165) is 0 Å². The van der Waals surface area contributed by atoms with E-state index in [0.29, 0.717) is 5.37 Å². The summed E-state index contributed by atoms with van der Waals surface area (Å²) in [4.78, 5) is 9.58. The van der Waals surface area contributed by atoms with E-state index in [4.69, 9.17) is 0 Å². The van der Waals surface area contributed by atoms with E-state index in [1.54, 1.807) is 0 Å². The van der Waals surface area contributed by atoms with Crippen molar-refractivity contribution in [1.82, 2.24) is 0 Å². The SMILES string of the molecule is CC.NC(=O)C=S(=O)=O. The van der Waals surface area contributed by atoms with Crippen LogP contribution in [-0.2, 0) is 15.1 Å². The minimum absolute atomic E-state index is 0.389. The van der Waals surface area contributed by atoms with E-state index >= 15 is 0 Å². The van der Waals surface area contributed by atoms with Gasteiger partial charge in [-0.15, -0.1) is 0 Å². The van der Waals surface area contributed by atoms with Gasteiger partial charge < -0.3 is 5.73 Å². The zero-order chi connectivity index (χ0) is 7.86. The van der Waals surface area contributed by atoms with Gasteiger partial charge in [-0.25, -0.2) is 0 Å². The van der Waals surface area contributed by atoms with Crippen LogP contribution in [0.5, 0.6) is 0 Å². The smallest absolute Gasteiger partial charge is 0.256 e. The van der Waals surface area contributed by atoms with Crippen LogP contribution in [-0.4, -0.2) is 19.7 Å². The van der Waals surface area contributed by atoms with Crippen molar-refractivity contribution in [3.63, 3.8) is 0 Å². The molecule has 0 atom stereocenters. The highest BCUT2D eigenvalue weighted by molar-refractivity contribution is 7.73. The summed E-state index contributed by atoms with van der Waals surface area (Å²) in [6.45, 7) is 4.00. The molecule has 0 aliphatic rings. The van der Waals surface area contributed by atoms with Crippen molar-refractivity contribution in [2.45, 2.75) is 13.8 Å². The van der Waals surface area contributed by atoms with Crippen LogP contribution in [0.4, 0.5) is 0 Å². The highest BCUT2D eigenvalue weighted by Crippen LogP contribution is 1.40. The van der Waals surface area contributed by atoms with Crippen LogP contribution in [0.2, 0.25) is 0 Å². The van der Waals surface area contributed by atoms with Crippen molar-refractivity contribution in [2.24, 2.45) is 5.73 Å². The van der Waals surface area contributed by atoms with Crippen LogP contribution in [0.3, 0.4) is 0 Å². The van der Waals surface area contributed by atoms with Gasteiger partial charge in [0.15, 0.2) is 0 Å². The molecule has 0 rings (SSSR count). The highest BCUT2D eigenvalue weighted by Gasteiger charge is 1.80. The second-order valence-electron chi connectivity index (χ2n) is 0.781. The summed E-state index contributed by atoms with van der Waals surface area (Å²) in [6, 6.07) is 0. The van der Waals surface area contributed by atoms with Crippen LogP contribution in [0.25, 0.3) is 0 Å². The molecular weight excluding hydrogens is 142 g/mol. The van der Waals surface area contributed by atoms with Gasteiger partial charge in [0.05, 0.1) is 0 Å². The first-order valence-electron chi connectivity index (χ1n) is 2.35. The summed E-state index contributed by atoms with van der Waals surface area (Å²) in [6.07, 6.45) is 0. The summed E-state index contributed by atoms with van der Waals surface area (Å²) in [5, 5.41) is 0.389. The number of amides is 1. The molecule has 0 aliphatic heterocycles. The lowest BCUT2D eigenvalue weighted by atomic mass is 10.8. The Hall–Kier alpha value is -0.840. The Kier molecular flexibility index (Phi) is 8.77. The minimum atomic E-state index is -2.45. The first-order valence-corrected chi connectivity index (χ1v) is 3.49. The summed E-state index contributed by atoms with van der Waals surface area (Å²) in [7, 11) is -2.45. The second kappa shape index (κ2) is 7.16. The lowest BCUT2D eigenvalue weighted by Crippen LogP contribution is -2.11. The van der Waals surface area contributed by atoms with Gasteiger partial charge in [-0.1, -0.05) is 13.8 Å². The third-order valence-electron chi connectivity index (χ3n) is 0.212. The van der Waals surface area contributed by atoms with E-state index in [1.165, 1.54) is 0 Å². The average Bonchev–Trinajstić information content (AvgIpc) is 1.68. The molecule has 0 unspecified atom stereocenters. The number of rotatable bonds is 1. The molecule has 0 aliphatic carbocycles. The number of nitrogens with two attached hydrogens (primary N) is 1.